The first kappa shape index (κ1) is 19.1. The van der Waals surface area contributed by atoms with Gasteiger partial charge in [-0.3, -0.25) is 4.79 Å². The number of rotatable bonds is 4. The second-order valence-corrected chi connectivity index (χ2v) is 20.4. The van der Waals surface area contributed by atoms with E-state index in [1.54, 1.807) is 0 Å². The molecule has 0 unspecified atom stereocenters. The Bertz CT molecular complexity index is 394. The van der Waals surface area contributed by atoms with Gasteiger partial charge >= 0.3 is 0 Å². The van der Waals surface area contributed by atoms with Gasteiger partial charge < -0.3 is 4.43 Å². The molecule has 1 aliphatic rings. The zero-order chi connectivity index (χ0) is 16.9. The summed E-state index contributed by atoms with van der Waals surface area (Å²) in [6.45, 7) is 22.9. The van der Waals surface area contributed by atoms with Crippen LogP contribution in [0, 0.1) is 0 Å². The first-order chi connectivity index (χ1) is 9.10. The highest BCUT2D eigenvalue weighted by molar-refractivity contribution is 6.85. The smallest absolute Gasteiger partial charge is 0.202 e. The quantitative estimate of drug-likeness (QED) is 0.635. The molecule has 21 heavy (non-hydrogen) atoms. The third-order valence-corrected chi connectivity index (χ3v) is 17.9. The summed E-state index contributed by atoms with van der Waals surface area (Å²) in [5, 5.41) is 0.234. The summed E-state index contributed by atoms with van der Waals surface area (Å²) >= 11 is 0. The Labute approximate surface area is 134 Å². The maximum absolute atomic E-state index is 11.8. The van der Waals surface area contributed by atoms with Gasteiger partial charge in [0.25, 0.3) is 0 Å². The van der Waals surface area contributed by atoms with Crippen LogP contribution in [0.15, 0.2) is 0 Å². The number of hydrogen-bond donors (Lipinski definition) is 0. The number of hydrogen-bond acceptors (Lipinski definition) is 2. The highest BCUT2D eigenvalue weighted by Gasteiger charge is 2.61. The lowest BCUT2D eigenvalue weighted by molar-refractivity contribution is 0.0807. The van der Waals surface area contributed by atoms with Gasteiger partial charge in [0, 0.05) is 11.1 Å². The van der Waals surface area contributed by atoms with Crippen LogP contribution in [0.3, 0.4) is 0 Å². The molecule has 1 aliphatic carbocycles. The molecule has 0 aliphatic heterocycles. The fourth-order valence-electron chi connectivity index (χ4n) is 2.83. The Morgan fingerprint density at radius 1 is 0.952 bits per heavy atom. The second kappa shape index (κ2) is 5.31. The zero-order valence-electron chi connectivity index (χ0n) is 15.8. The van der Waals surface area contributed by atoms with Crippen molar-refractivity contribution in [1.82, 2.24) is 0 Å². The van der Waals surface area contributed by atoms with E-state index in [1.165, 1.54) is 0 Å². The van der Waals surface area contributed by atoms with Crippen LogP contribution in [0.25, 0.3) is 0 Å². The van der Waals surface area contributed by atoms with Crippen LogP contribution in [0.1, 0.15) is 54.4 Å². The van der Waals surface area contributed by atoms with Crippen molar-refractivity contribution in [2.24, 2.45) is 0 Å². The predicted octanol–water partition coefficient (Wildman–Crippen LogP) is 5.53. The van der Waals surface area contributed by atoms with Gasteiger partial charge in [-0.15, -0.1) is 0 Å². The van der Waals surface area contributed by atoms with Gasteiger partial charge in [0.2, 0.25) is 6.29 Å². The highest BCUT2D eigenvalue weighted by Crippen LogP contribution is 2.62. The molecule has 123 valence electrons. The normalized spacial score (nSPS) is 28.2. The third-order valence-electron chi connectivity index (χ3n) is 6.69. The van der Waals surface area contributed by atoms with Crippen LogP contribution in [0.5, 0.6) is 0 Å². The van der Waals surface area contributed by atoms with Crippen LogP contribution in [0.2, 0.25) is 41.3 Å². The molecule has 0 N–H and O–H groups in total. The Kier molecular flexibility index (Phi) is 4.83. The van der Waals surface area contributed by atoms with Gasteiger partial charge in [-0.1, -0.05) is 54.6 Å². The van der Waals surface area contributed by atoms with Gasteiger partial charge in [0.15, 0.2) is 8.32 Å². The Morgan fingerprint density at radius 3 is 1.67 bits per heavy atom. The fourth-order valence-corrected chi connectivity index (χ4v) is 7.35. The molecule has 1 radical (unpaired) electrons. The van der Waals surface area contributed by atoms with E-state index in [0.717, 1.165) is 12.8 Å². The maximum Gasteiger partial charge on any atom is 0.202 e. The molecule has 0 bridgehead atoms. The van der Waals surface area contributed by atoms with Crippen molar-refractivity contribution in [2.45, 2.75) is 102 Å². The van der Waals surface area contributed by atoms with E-state index >= 15 is 0 Å². The molecule has 0 amide bonds. The molecular formula is C17H35O2Si2. The first-order valence-corrected chi connectivity index (χ1v) is 14.1. The van der Waals surface area contributed by atoms with Gasteiger partial charge in [-0.2, -0.15) is 0 Å². The Morgan fingerprint density at radius 2 is 1.38 bits per heavy atom. The summed E-state index contributed by atoms with van der Waals surface area (Å²) in [6, 6.07) is 0. The molecule has 4 heteroatoms. The SMILES string of the molecule is CC(C)(C)[Si](C)(C)O[C@H]1C[C@@]([C]=O)([Si](C)(C)C(C)(C)C)C1. The van der Waals surface area contributed by atoms with Crippen molar-refractivity contribution in [3.63, 3.8) is 0 Å². The molecular weight excluding hydrogens is 292 g/mol. The highest BCUT2D eigenvalue weighted by atomic mass is 28.4. The molecule has 0 atom stereocenters. The minimum Gasteiger partial charge on any atom is -0.414 e. The molecule has 1 fully saturated rings. The van der Waals surface area contributed by atoms with E-state index in [9.17, 15) is 4.79 Å². The lowest BCUT2D eigenvalue weighted by Crippen LogP contribution is -2.60. The van der Waals surface area contributed by atoms with Crippen LogP contribution < -0.4 is 0 Å². The lowest BCUT2D eigenvalue weighted by Gasteiger charge is -2.58. The number of carbonyl (C=O) groups excluding carboxylic acids is 1. The lowest BCUT2D eigenvalue weighted by atomic mass is 9.82. The van der Waals surface area contributed by atoms with Crippen LogP contribution in [0.4, 0.5) is 0 Å². The molecule has 0 aromatic carbocycles. The standard InChI is InChI=1S/C17H35O2Si2/c1-15(2,3)20(7,8)17(13-18)11-14(12-17)19-21(9,10)16(4,5)6/h14H,11-12H2,1-10H3/t14-,17+. The van der Waals surface area contributed by atoms with Gasteiger partial charge in [-0.25, -0.2) is 0 Å². The minimum absolute atomic E-state index is 0.210. The van der Waals surface area contributed by atoms with Crippen molar-refractivity contribution in [1.29, 1.82) is 0 Å². The topological polar surface area (TPSA) is 26.3 Å². The molecule has 0 aromatic heterocycles. The van der Waals surface area contributed by atoms with E-state index < -0.39 is 16.4 Å². The van der Waals surface area contributed by atoms with E-state index in [4.69, 9.17) is 4.43 Å². The molecule has 1 saturated carbocycles. The van der Waals surface area contributed by atoms with Gasteiger partial charge in [-0.05, 0) is 36.0 Å². The van der Waals surface area contributed by atoms with E-state index in [0.29, 0.717) is 0 Å². The second-order valence-electron chi connectivity index (χ2n) is 9.97. The fraction of sp³-hybridized carbons (Fsp3) is 0.941. The van der Waals surface area contributed by atoms with Crippen molar-refractivity contribution in [2.75, 3.05) is 0 Å². The van der Waals surface area contributed by atoms with Crippen molar-refractivity contribution in [3.05, 3.63) is 0 Å². The molecule has 2 nitrogen and oxygen atoms in total. The third kappa shape index (κ3) is 3.22. The Balaban J connectivity index is 2.84. The van der Waals surface area contributed by atoms with Crippen LogP contribution in [-0.2, 0) is 9.22 Å². The van der Waals surface area contributed by atoms with E-state index in [2.05, 4.69) is 74.0 Å². The average molecular weight is 328 g/mol. The molecule has 0 spiro atoms. The molecule has 0 aromatic rings. The van der Waals surface area contributed by atoms with Crippen molar-refractivity contribution < 1.29 is 9.22 Å². The summed E-state index contributed by atoms with van der Waals surface area (Å²) in [6.07, 6.45) is 4.51. The molecule has 1 rings (SSSR count). The maximum atomic E-state index is 11.8. The summed E-state index contributed by atoms with van der Waals surface area (Å²) in [5.41, 5.74) is 0. The molecule has 0 saturated heterocycles. The Hall–Kier alpha value is 0.0638. The van der Waals surface area contributed by atoms with Crippen molar-refractivity contribution >= 4 is 22.7 Å². The summed E-state index contributed by atoms with van der Waals surface area (Å²) in [7, 11) is -3.46. The minimum atomic E-state index is -1.73. The summed E-state index contributed by atoms with van der Waals surface area (Å²) < 4.78 is 6.49. The predicted molar refractivity (Wildman–Crippen MR) is 96.9 cm³/mol. The first-order valence-electron chi connectivity index (χ1n) is 8.17. The monoisotopic (exact) mass is 327 g/mol. The van der Waals surface area contributed by atoms with Gasteiger partial charge in [0.1, 0.15) is 0 Å². The zero-order valence-corrected chi connectivity index (χ0v) is 17.8. The van der Waals surface area contributed by atoms with Crippen LogP contribution >= 0.6 is 0 Å². The molecule has 0 heterocycles. The van der Waals surface area contributed by atoms with E-state index in [1.807, 2.05) is 0 Å². The van der Waals surface area contributed by atoms with Gasteiger partial charge in [0.05, 0.1) is 8.07 Å². The average Bonchev–Trinajstić information content (AvgIpc) is 2.18. The van der Waals surface area contributed by atoms with E-state index in [-0.39, 0.29) is 21.2 Å². The largest absolute Gasteiger partial charge is 0.414 e. The summed E-state index contributed by atoms with van der Waals surface area (Å²) in [5.74, 6) is 0. The summed E-state index contributed by atoms with van der Waals surface area (Å²) in [4.78, 5) is 11.8. The van der Waals surface area contributed by atoms with Crippen LogP contribution in [-0.4, -0.2) is 28.8 Å². The van der Waals surface area contributed by atoms with Crippen molar-refractivity contribution in [3.8, 4) is 0 Å².